The van der Waals surface area contributed by atoms with E-state index in [1.54, 1.807) is 12.1 Å². The molecule has 0 radical (unpaired) electrons. The molecule has 4 aromatic rings. The number of benzene rings is 4. The van der Waals surface area contributed by atoms with Gasteiger partial charge in [-0.25, -0.2) is 16.8 Å². The highest BCUT2D eigenvalue weighted by Crippen LogP contribution is 2.37. The van der Waals surface area contributed by atoms with Gasteiger partial charge in [0.15, 0.2) is 0 Å². The molecule has 0 fully saturated rings. The van der Waals surface area contributed by atoms with E-state index in [0.29, 0.717) is 5.75 Å². The van der Waals surface area contributed by atoms with Gasteiger partial charge in [0.05, 0.1) is 19.6 Å². The Morgan fingerprint density at radius 1 is 0.575 bits per heavy atom. The molecule has 0 spiro atoms. The van der Waals surface area contributed by atoms with Crippen LogP contribution in [0, 0.1) is 6.92 Å². The fraction of sp³-hybridized carbons (Fsp3) is 0.172. The summed E-state index contributed by atoms with van der Waals surface area (Å²) >= 11 is 0. The molecule has 0 amide bonds. The van der Waals surface area contributed by atoms with E-state index in [1.807, 2.05) is 20.8 Å². The summed E-state index contributed by atoms with van der Waals surface area (Å²) in [6.07, 6.45) is 0. The van der Waals surface area contributed by atoms with E-state index in [4.69, 9.17) is 8.92 Å². The highest BCUT2D eigenvalue weighted by molar-refractivity contribution is 7.94. The van der Waals surface area contributed by atoms with Crippen molar-refractivity contribution in [3.63, 3.8) is 0 Å². The topological polar surface area (TPSA) is 121 Å². The van der Waals surface area contributed by atoms with Gasteiger partial charge < -0.3 is 8.92 Å². The summed E-state index contributed by atoms with van der Waals surface area (Å²) in [5.74, 6) is 0.292. The van der Waals surface area contributed by atoms with Crippen molar-refractivity contribution in [3.05, 3.63) is 103 Å². The SMILES string of the molecule is Cc1cc(S(=O)(=O)c2ccccc2)c(S(=O)(=O)Oc2ccc(OC(C)(C)C)cc2)c(S(=O)(=O)c2ccccc2)c1. The summed E-state index contributed by atoms with van der Waals surface area (Å²) in [7, 11) is -14.0. The van der Waals surface area contributed by atoms with Gasteiger partial charge in [-0.15, -0.1) is 0 Å². The second-order valence-corrected chi connectivity index (χ2v) is 15.3. The molecule has 0 aliphatic heterocycles. The first-order chi connectivity index (χ1) is 18.6. The van der Waals surface area contributed by atoms with Crippen LogP contribution in [-0.4, -0.2) is 30.9 Å². The summed E-state index contributed by atoms with van der Waals surface area (Å²) in [5, 5.41) is 0. The van der Waals surface area contributed by atoms with E-state index >= 15 is 0 Å². The summed E-state index contributed by atoms with van der Waals surface area (Å²) in [6.45, 7) is 7.03. The first kappa shape index (κ1) is 29.3. The van der Waals surface area contributed by atoms with E-state index in [2.05, 4.69) is 0 Å². The van der Waals surface area contributed by atoms with Crippen molar-refractivity contribution >= 4 is 29.8 Å². The molecular weight excluding hydrogens is 573 g/mol. The van der Waals surface area contributed by atoms with Gasteiger partial charge in [0.1, 0.15) is 22.0 Å². The van der Waals surface area contributed by atoms with Gasteiger partial charge in [0.2, 0.25) is 19.7 Å². The number of sulfone groups is 2. The largest absolute Gasteiger partial charge is 0.488 e. The second kappa shape index (κ2) is 10.7. The Bertz CT molecular complexity index is 1750. The van der Waals surface area contributed by atoms with Crippen LogP contribution in [0.5, 0.6) is 11.5 Å². The molecule has 0 saturated heterocycles. The van der Waals surface area contributed by atoms with Gasteiger partial charge in [0, 0.05) is 0 Å². The predicted octanol–water partition coefficient (Wildman–Crippen LogP) is 5.61. The normalized spacial score (nSPS) is 12.6. The van der Waals surface area contributed by atoms with Crippen molar-refractivity contribution in [2.45, 2.75) is 57.8 Å². The minimum atomic E-state index is -5.02. The fourth-order valence-electron chi connectivity index (χ4n) is 3.89. The molecular formula is C29H28O8S3. The number of ether oxygens (including phenoxy) is 1. The lowest BCUT2D eigenvalue weighted by atomic mass is 10.2. The molecule has 0 aliphatic carbocycles. The maximum atomic E-state index is 13.8. The summed E-state index contributed by atoms with van der Waals surface area (Å²) in [5.41, 5.74) is -0.274. The molecule has 0 heterocycles. The third-order valence-electron chi connectivity index (χ3n) is 5.55. The van der Waals surface area contributed by atoms with Gasteiger partial charge in [0.25, 0.3) is 0 Å². The molecule has 0 bridgehead atoms. The van der Waals surface area contributed by atoms with Gasteiger partial charge in [-0.1, -0.05) is 36.4 Å². The molecule has 4 aromatic carbocycles. The van der Waals surface area contributed by atoms with Crippen LogP contribution in [-0.2, 0) is 29.8 Å². The van der Waals surface area contributed by atoms with Crippen molar-refractivity contribution in [1.29, 1.82) is 0 Å². The highest BCUT2D eigenvalue weighted by Gasteiger charge is 2.37. The van der Waals surface area contributed by atoms with Gasteiger partial charge in [-0.05, 0) is 93.9 Å². The molecule has 0 N–H and O–H groups in total. The zero-order valence-corrected chi connectivity index (χ0v) is 24.7. The first-order valence-electron chi connectivity index (χ1n) is 12.1. The minimum Gasteiger partial charge on any atom is -0.488 e. The third kappa shape index (κ3) is 6.22. The van der Waals surface area contributed by atoms with Crippen LogP contribution in [0.1, 0.15) is 26.3 Å². The van der Waals surface area contributed by atoms with Gasteiger partial charge in [-0.3, -0.25) is 0 Å². The fourth-order valence-corrected chi connectivity index (χ4v) is 9.21. The first-order valence-corrected chi connectivity index (χ1v) is 16.5. The summed E-state index contributed by atoms with van der Waals surface area (Å²) in [4.78, 5) is -2.80. The van der Waals surface area contributed by atoms with Crippen molar-refractivity contribution in [1.82, 2.24) is 0 Å². The molecule has 210 valence electrons. The molecule has 0 unspecified atom stereocenters. The van der Waals surface area contributed by atoms with Gasteiger partial charge in [-0.2, -0.15) is 8.42 Å². The maximum absolute atomic E-state index is 13.8. The lowest BCUT2D eigenvalue weighted by Gasteiger charge is -2.21. The van der Waals surface area contributed by atoms with E-state index in [0.717, 1.165) is 12.1 Å². The van der Waals surface area contributed by atoms with Crippen LogP contribution in [0.4, 0.5) is 0 Å². The average molecular weight is 601 g/mol. The van der Waals surface area contributed by atoms with Crippen LogP contribution >= 0.6 is 0 Å². The van der Waals surface area contributed by atoms with E-state index in [-0.39, 0.29) is 21.1 Å². The van der Waals surface area contributed by atoms with Crippen LogP contribution in [0.2, 0.25) is 0 Å². The Morgan fingerprint density at radius 3 is 1.38 bits per heavy atom. The second-order valence-electron chi connectivity index (χ2n) is 9.95. The van der Waals surface area contributed by atoms with Crippen molar-refractivity contribution < 1.29 is 34.2 Å². The monoisotopic (exact) mass is 600 g/mol. The Labute approximate surface area is 235 Å². The van der Waals surface area contributed by atoms with Crippen molar-refractivity contribution in [2.24, 2.45) is 0 Å². The van der Waals surface area contributed by atoms with Gasteiger partial charge >= 0.3 is 10.1 Å². The third-order valence-corrected chi connectivity index (χ3v) is 10.8. The summed E-state index contributed by atoms with van der Waals surface area (Å²) < 4.78 is 93.8. The van der Waals surface area contributed by atoms with Crippen LogP contribution in [0.25, 0.3) is 0 Å². The Kier molecular flexibility index (Phi) is 7.85. The number of rotatable bonds is 8. The average Bonchev–Trinajstić information content (AvgIpc) is 2.89. The van der Waals surface area contributed by atoms with Crippen molar-refractivity contribution in [3.8, 4) is 11.5 Å². The molecule has 0 aromatic heterocycles. The molecule has 11 heteroatoms. The number of hydrogen-bond donors (Lipinski definition) is 0. The molecule has 40 heavy (non-hydrogen) atoms. The molecule has 0 aliphatic rings. The smallest absolute Gasteiger partial charge is 0.341 e. The molecule has 0 saturated carbocycles. The standard InChI is InChI=1S/C29H28O8S3/c1-21-19-26(38(30,31)24-11-7-5-8-12-24)28(27(20-21)39(32,33)25-13-9-6-10-14-25)40(34,35)37-23-17-15-22(16-18-23)36-29(2,3)4/h5-20H,1-4H3. The summed E-state index contributed by atoms with van der Waals surface area (Å²) in [6, 6.07) is 22.3. The Morgan fingerprint density at radius 2 is 0.975 bits per heavy atom. The minimum absolute atomic E-state index is 0.159. The van der Waals surface area contributed by atoms with Crippen LogP contribution in [0.15, 0.2) is 122 Å². The van der Waals surface area contributed by atoms with E-state index < -0.39 is 50.1 Å². The quantitative estimate of drug-likeness (QED) is 0.240. The number of aryl methyl sites for hydroxylation is 1. The Balaban J connectivity index is 1.96. The predicted molar refractivity (Wildman–Crippen MR) is 150 cm³/mol. The maximum Gasteiger partial charge on any atom is 0.341 e. The van der Waals surface area contributed by atoms with E-state index in [1.165, 1.54) is 79.7 Å². The number of hydrogen-bond acceptors (Lipinski definition) is 8. The zero-order chi connectivity index (χ0) is 29.3. The van der Waals surface area contributed by atoms with E-state index in [9.17, 15) is 25.3 Å². The van der Waals surface area contributed by atoms with Crippen molar-refractivity contribution in [2.75, 3.05) is 0 Å². The molecule has 8 nitrogen and oxygen atoms in total. The zero-order valence-electron chi connectivity index (χ0n) is 22.2. The lowest BCUT2D eigenvalue weighted by Crippen LogP contribution is -2.23. The van der Waals surface area contributed by atoms with Crippen LogP contribution < -0.4 is 8.92 Å². The van der Waals surface area contributed by atoms with Crippen LogP contribution in [0.3, 0.4) is 0 Å². The lowest BCUT2D eigenvalue weighted by molar-refractivity contribution is 0.131. The molecule has 4 rings (SSSR count). The highest BCUT2D eigenvalue weighted by atomic mass is 32.2. The Hall–Kier alpha value is -3.67. The molecule has 0 atom stereocenters.